The monoisotopic (exact) mass is 234 g/mol. The van der Waals surface area contributed by atoms with Crippen molar-refractivity contribution in [3.63, 3.8) is 0 Å². The number of Topliss-reactive ketones (excluding diaryl/α,β-unsaturated/α-hetero) is 2. The molecular weight excluding hydrogens is 212 g/mol. The van der Waals surface area contributed by atoms with Gasteiger partial charge in [-0.1, -0.05) is 32.3 Å². The van der Waals surface area contributed by atoms with Crippen molar-refractivity contribution in [3.05, 3.63) is 11.1 Å². The van der Waals surface area contributed by atoms with Gasteiger partial charge in [-0.2, -0.15) is 0 Å². The fraction of sp³-hybridized carbons (Fsp3) is 0.733. The summed E-state index contributed by atoms with van der Waals surface area (Å²) >= 11 is 0. The molecule has 2 nitrogen and oxygen atoms in total. The maximum atomic E-state index is 12.2. The Balaban J connectivity index is 2.45. The minimum atomic E-state index is -0.207. The zero-order chi connectivity index (χ0) is 12.8. The van der Waals surface area contributed by atoms with Gasteiger partial charge in [0, 0.05) is 11.5 Å². The molecule has 2 saturated carbocycles. The molecule has 2 aliphatic carbocycles. The Kier molecular flexibility index (Phi) is 3.01. The number of fused-ring (bicyclic) bond motifs is 1. The minimum Gasteiger partial charge on any atom is -0.290 e. The Morgan fingerprint density at radius 1 is 1.24 bits per heavy atom. The van der Waals surface area contributed by atoms with Crippen LogP contribution in [0.5, 0.6) is 0 Å². The molecule has 0 aromatic carbocycles. The molecule has 2 rings (SSSR count). The maximum Gasteiger partial charge on any atom is 0.224 e. The zero-order valence-corrected chi connectivity index (χ0v) is 11.3. The lowest BCUT2D eigenvalue weighted by atomic mass is 9.54. The zero-order valence-electron chi connectivity index (χ0n) is 11.3. The average Bonchev–Trinajstić information content (AvgIpc) is 2.26. The van der Waals surface area contributed by atoms with Gasteiger partial charge in [-0.05, 0) is 38.0 Å². The van der Waals surface area contributed by atoms with Gasteiger partial charge in [0.05, 0.1) is 0 Å². The summed E-state index contributed by atoms with van der Waals surface area (Å²) in [6, 6.07) is 0. The van der Waals surface area contributed by atoms with Crippen LogP contribution in [-0.2, 0) is 9.59 Å². The van der Waals surface area contributed by atoms with Crippen molar-refractivity contribution in [3.8, 4) is 0 Å². The highest BCUT2D eigenvalue weighted by atomic mass is 16.2. The first-order valence-corrected chi connectivity index (χ1v) is 6.63. The fourth-order valence-electron chi connectivity index (χ4n) is 3.53. The van der Waals surface area contributed by atoms with Gasteiger partial charge < -0.3 is 0 Å². The van der Waals surface area contributed by atoms with Crippen LogP contribution in [0.15, 0.2) is 11.1 Å². The predicted octanol–water partition coefficient (Wildman–Crippen LogP) is 3.31. The summed E-state index contributed by atoms with van der Waals surface area (Å²) in [6.07, 6.45) is 3.97. The van der Waals surface area contributed by atoms with Crippen molar-refractivity contribution in [1.29, 1.82) is 0 Å². The van der Waals surface area contributed by atoms with Crippen molar-refractivity contribution in [2.75, 3.05) is 0 Å². The lowest BCUT2D eigenvalue weighted by molar-refractivity contribution is -0.145. The summed E-state index contributed by atoms with van der Waals surface area (Å²) in [5.41, 5.74) is 1.80. The molecule has 3 unspecified atom stereocenters. The SMILES string of the molecule is CC(C)=C1CC2(C)C(C)CCCC2C(=O)C1=O. The molecule has 0 bridgehead atoms. The third kappa shape index (κ3) is 1.78. The van der Waals surface area contributed by atoms with Crippen molar-refractivity contribution in [2.45, 2.75) is 53.4 Å². The Labute approximate surface area is 103 Å². The van der Waals surface area contributed by atoms with Gasteiger partial charge in [0.1, 0.15) is 0 Å². The standard InChI is InChI=1S/C15H22O2/c1-9(2)11-8-15(4)10(3)6-5-7-12(15)14(17)13(11)16/h10,12H,5-8H2,1-4H3. The van der Waals surface area contributed by atoms with Crippen LogP contribution in [0, 0.1) is 17.3 Å². The third-order valence-electron chi connectivity index (χ3n) is 5.03. The number of ketones is 2. The molecule has 0 spiro atoms. The molecule has 0 N–H and O–H groups in total. The molecule has 0 amide bonds. The van der Waals surface area contributed by atoms with Gasteiger partial charge >= 0.3 is 0 Å². The van der Waals surface area contributed by atoms with Gasteiger partial charge in [-0.15, -0.1) is 0 Å². The van der Waals surface area contributed by atoms with E-state index in [1.54, 1.807) is 0 Å². The molecule has 94 valence electrons. The Morgan fingerprint density at radius 2 is 1.88 bits per heavy atom. The summed E-state index contributed by atoms with van der Waals surface area (Å²) in [5.74, 6) is 0.178. The summed E-state index contributed by atoms with van der Waals surface area (Å²) < 4.78 is 0. The van der Waals surface area contributed by atoms with Crippen LogP contribution in [0.2, 0.25) is 0 Å². The van der Waals surface area contributed by atoms with Crippen LogP contribution < -0.4 is 0 Å². The Bertz CT molecular complexity index is 401. The highest BCUT2D eigenvalue weighted by molar-refractivity contribution is 6.45. The molecule has 2 fully saturated rings. The molecule has 0 aromatic heterocycles. The molecule has 0 heterocycles. The Morgan fingerprint density at radius 3 is 2.47 bits per heavy atom. The highest BCUT2D eigenvalue weighted by Crippen LogP contribution is 2.52. The van der Waals surface area contributed by atoms with Gasteiger partial charge in [0.15, 0.2) is 0 Å². The van der Waals surface area contributed by atoms with Crippen molar-refractivity contribution in [1.82, 2.24) is 0 Å². The molecule has 0 aromatic rings. The van der Waals surface area contributed by atoms with Gasteiger partial charge in [-0.3, -0.25) is 9.59 Å². The second-order valence-corrected chi connectivity index (χ2v) is 6.24. The summed E-state index contributed by atoms with van der Waals surface area (Å²) in [5, 5.41) is 0. The number of carbonyl (C=O) groups excluding carboxylic acids is 2. The van der Waals surface area contributed by atoms with Crippen LogP contribution in [0.1, 0.15) is 53.4 Å². The number of allylic oxidation sites excluding steroid dienone is 2. The molecule has 2 aliphatic rings. The van der Waals surface area contributed by atoms with Crippen LogP contribution in [0.3, 0.4) is 0 Å². The molecule has 3 atom stereocenters. The number of hydrogen-bond donors (Lipinski definition) is 0. The van der Waals surface area contributed by atoms with E-state index in [0.717, 1.165) is 30.4 Å². The molecular formula is C15H22O2. The quantitative estimate of drug-likeness (QED) is 0.476. The first-order chi connectivity index (χ1) is 7.88. The smallest absolute Gasteiger partial charge is 0.224 e. The molecule has 0 radical (unpaired) electrons. The largest absolute Gasteiger partial charge is 0.290 e. The van der Waals surface area contributed by atoms with Gasteiger partial charge in [0.2, 0.25) is 11.6 Å². The van der Waals surface area contributed by atoms with Gasteiger partial charge in [0.25, 0.3) is 0 Å². The van der Waals surface area contributed by atoms with Crippen molar-refractivity contribution < 1.29 is 9.59 Å². The molecule has 0 aliphatic heterocycles. The lowest BCUT2D eigenvalue weighted by Gasteiger charge is -2.48. The minimum absolute atomic E-state index is 0.00977. The van der Waals surface area contributed by atoms with E-state index in [9.17, 15) is 9.59 Å². The van der Waals surface area contributed by atoms with Crippen LogP contribution >= 0.6 is 0 Å². The summed E-state index contributed by atoms with van der Waals surface area (Å²) in [7, 11) is 0. The van der Waals surface area contributed by atoms with E-state index < -0.39 is 0 Å². The highest BCUT2D eigenvalue weighted by Gasteiger charge is 2.51. The Hall–Kier alpha value is -0.920. The van der Waals surface area contributed by atoms with E-state index in [1.165, 1.54) is 6.42 Å². The summed E-state index contributed by atoms with van der Waals surface area (Å²) in [4.78, 5) is 24.3. The number of rotatable bonds is 0. The lowest BCUT2D eigenvalue weighted by Crippen LogP contribution is -2.49. The first kappa shape index (κ1) is 12.5. The normalized spacial score (nSPS) is 38.0. The third-order valence-corrected chi connectivity index (χ3v) is 5.03. The summed E-state index contributed by atoms with van der Waals surface area (Å²) in [6.45, 7) is 8.32. The second kappa shape index (κ2) is 4.08. The second-order valence-electron chi connectivity index (χ2n) is 6.24. The topological polar surface area (TPSA) is 34.1 Å². The fourth-order valence-corrected chi connectivity index (χ4v) is 3.53. The molecule has 2 heteroatoms. The van der Waals surface area contributed by atoms with E-state index in [-0.39, 0.29) is 22.9 Å². The first-order valence-electron chi connectivity index (χ1n) is 6.63. The van der Waals surface area contributed by atoms with Crippen molar-refractivity contribution in [2.24, 2.45) is 17.3 Å². The van der Waals surface area contributed by atoms with E-state index in [4.69, 9.17) is 0 Å². The maximum absolute atomic E-state index is 12.2. The molecule has 0 saturated heterocycles. The predicted molar refractivity (Wildman–Crippen MR) is 67.6 cm³/mol. The van der Waals surface area contributed by atoms with E-state index >= 15 is 0 Å². The van der Waals surface area contributed by atoms with E-state index in [1.807, 2.05) is 13.8 Å². The van der Waals surface area contributed by atoms with Crippen LogP contribution in [-0.4, -0.2) is 11.6 Å². The van der Waals surface area contributed by atoms with E-state index in [2.05, 4.69) is 13.8 Å². The van der Waals surface area contributed by atoms with Crippen molar-refractivity contribution >= 4 is 11.6 Å². The van der Waals surface area contributed by atoms with E-state index in [0.29, 0.717) is 5.92 Å². The number of carbonyl (C=O) groups is 2. The average molecular weight is 234 g/mol. The van der Waals surface area contributed by atoms with Gasteiger partial charge in [-0.25, -0.2) is 0 Å². The van der Waals surface area contributed by atoms with Crippen LogP contribution in [0.4, 0.5) is 0 Å². The number of hydrogen-bond acceptors (Lipinski definition) is 2. The molecule has 17 heavy (non-hydrogen) atoms. The van der Waals surface area contributed by atoms with Crippen LogP contribution in [0.25, 0.3) is 0 Å².